The molecule has 4 nitrogen and oxygen atoms in total. The summed E-state index contributed by atoms with van der Waals surface area (Å²) >= 11 is 0. The Morgan fingerprint density at radius 3 is 2.83 bits per heavy atom. The van der Waals surface area contributed by atoms with Crippen LogP contribution in [0.4, 0.5) is 0 Å². The van der Waals surface area contributed by atoms with Crippen molar-refractivity contribution in [3.8, 4) is 0 Å². The minimum Gasteiger partial charge on any atom is -0.349 e. The van der Waals surface area contributed by atoms with Crippen LogP contribution in [-0.2, 0) is 17.8 Å². The Kier molecular flexibility index (Phi) is 5.78. The molecule has 2 atom stereocenters. The summed E-state index contributed by atoms with van der Waals surface area (Å²) in [6.07, 6.45) is 3.56. The van der Waals surface area contributed by atoms with Gasteiger partial charge in [0, 0.05) is 6.20 Å². The van der Waals surface area contributed by atoms with Crippen molar-refractivity contribution in [3.63, 3.8) is 0 Å². The van der Waals surface area contributed by atoms with Gasteiger partial charge in [0.1, 0.15) is 0 Å². The van der Waals surface area contributed by atoms with Gasteiger partial charge in [-0.3, -0.25) is 9.78 Å². The lowest BCUT2D eigenvalue weighted by molar-refractivity contribution is -0.123. The number of hydrogen-bond acceptors (Lipinski definition) is 3. The molecule has 100 valence electrons. The average Bonchev–Trinajstić information content (AvgIpc) is 2.43. The van der Waals surface area contributed by atoms with Gasteiger partial charge >= 0.3 is 0 Å². The predicted octanol–water partition coefficient (Wildman–Crippen LogP) is 1.63. The Balaban J connectivity index is 2.57. The van der Waals surface area contributed by atoms with Gasteiger partial charge in [0.2, 0.25) is 5.91 Å². The number of carbonyl (C=O) groups excluding carboxylic acids is 1. The SMILES string of the molecule is CCc1cccnc1CNC(=O)[C@@H](N)[C@@H](C)CC. The minimum absolute atomic E-state index is 0.0999. The Labute approximate surface area is 109 Å². The van der Waals surface area contributed by atoms with E-state index in [9.17, 15) is 4.79 Å². The van der Waals surface area contributed by atoms with Crippen LogP contribution in [-0.4, -0.2) is 16.9 Å². The standard InChI is InChI=1S/C14H23N3O/c1-4-10(3)13(15)14(18)17-9-12-11(5-2)7-6-8-16-12/h6-8,10,13H,4-5,9,15H2,1-3H3,(H,17,18)/t10-,13-/m0/s1. The van der Waals surface area contributed by atoms with Crippen LogP contribution in [0.5, 0.6) is 0 Å². The molecule has 1 aromatic rings. The van der Waals surface area contributed by atoms with E-state index in [0.717, 1.165) is 24.1 Å². The van der Waals surface area contributed by atoms with Crippen molar-refractivity contribution in [1.29, 1.82) is 0 Å². The molecule has 0 saturated heterocycles. The molecule has 0 aliphatic heterocycles. The van der Waals surface area contributed by atoms with Crippen LogP contribution in [0.15, 0.2) is 18.3 Å². The first-order valence-corrected chi connectivity index (χ1v) is 6.56. The van der Waals surface area contributed by atoms with E-state index in [1.165, 1.54) is 0 Å². The monoisotopic (exact) mass is 249 g/mol. The van der Waals surface area contributed by atoms with Crippen LogP contribution in [0.1, 0.15) is 38.4 Å². The summed E-state index contributed by atoms with van der Waals surface area (Å²) in [6.45, 7) is 6.55. The van der Waals surface area contributed by atoms with Gasteiger partial charge in [-0.05, 0) is 24.0 Å². The first kappa shape index (κ1) is 14.6. The molecule has 1 aromatic heterocycles. The smallest absolute Gasteiger partial charge is 0.237 e. The highest BCUT2D eigenvalue weighted by molar-refractivity contribution is 5.81. The highest BCUT2D eigenvalue weighted by Crippen LogP contribution is 2.07. The quantitative estimate of drug-likeness (QED) is 0.805. The van der Waals surface area contributed by atoms with Crippen LogP contribution in [0.3, 0.4) is 0 Å². The minimum atomic E-state index is -0.441. The number of rotatable bonds is 6. The number of pyridine rings is 1. The Morgan fingerprint density at radius 1 is 1.50 bits per heavy atom. The summed E-state index contributed by atoms with van der Waals surface area (Å²) in [7, 11) is 0. The first-order valence-electron chi connectivity index (χ1n) is 6.56. The molecule has 4 heteroatoms. The molecule has 0 unspecified atom stereocenters. The van der Waals surface area contributed by atoms with Crippen molar-refractivity contribution in [2.75, 3.05) is 0 Å². The van der Waals surface area contributed by atoms with Crippen LogP contribution in [0.25, 0.3) is 0 Å². The molecule has 1 heterocycles. The van der Waals surface area contributed by atoms with Gasteiger partial charge in [0.05, 0.1) is 18.3 Å². The van der Waals surface area contributed by atoms with Crippen LogP contribution >= 0.6 is 0 Å². The molecular formula is C14H23N3O. The summed E-state index contributed by atoms with van der Waals surface area (Å²) in [4.78, 5) is 16.1. The molecule has 1 amide bonds. The van der Waals surface area contributed by atoms with Gasteiger partial charge in [-0.15, -0.1) is 0 Å². The summed E-state index contributed by atoms with van der Waals surface area (Å²) in [5, 5.41) is 2.86. The van der Waals surface area contributed by atoms with Crippen molar-refractivity contribution in [3.05, 3.63) is 29.6 Å². The Morgan fingerprint density at radius 2 is 2.22 bits per heavy atom. The van der Waals surface area contributed by atoms with Crippen LogP contribution < -0.4 is 11.1 Å². The zero-order valence-corrected chi connectivity index (χ0v) is 11.4. The molecule has 18 heavy (non-hydrogen) atoms. The maximum atomic E-state index is 11.9. The second-order valence-electron chi connectivity index (χ2n) is 4.59. The maximum Gasteiger partial charge on any atom is 0.237 e. The Hall–Kier alpha value is -1.42. The van der Waals surface area contributed by atoms with Gasteiger partial charge in [0.15, 0.2) is 0 Å². The number of aryl methyl sites for hydroxylation is 1. The number of nitrogens with two attached hydrogens (primary N) is 1. The van der Waals surface area contributed by atoms with Gasteiger partial charge < -0.3 is 11.1 Å². The van der Waals surface area contributed by atoms with Gasteiger partial charge in [-0.2, -0.15) is 0 Å². The van der Waals surface area contributed by atoms with Crippen LogP contribution in [0, 0.1) is 5.92 Å². The third-order valence-corrected chi connectivity index (χ3v) is 3.36. The van der Waals surface area contributed by atoms with Crippen molar-refractivity contribution >= 4 is 5.91 Å². The molecule has 0 spiro atoms. The second kappa shape index (κ2) is 7.11. The van der Waals surface area contributed by atoms with E-state index in [1.807, 2.05) is 26.0 Å². The molecule has 0 bridgehead atoms. The van der Waals surface area contributed by atoms with Crippen molar-refractivity contribution in [2.45, 2.75) is 46.2 Å². The summed E-state index contributed by atoms with van der Waals surface area (Å²) in [6, 6.07) is 3.50. The summed E-state index contributed by atoms with van der Waals surface area (Å²) < 4.78 is 0. The Bertz CT molecular complexity index is 392. The normalized spacial score (nSPS) is 14.0. The molecule has 0 aliphatic rings. The number of aromatic nitrogens is 1. The lowest BCUT2D eigenvalue weighted by Gasteiger charge is -2.18. The number of amides is 1. The lowest BCUT2D eigenvalue weighted by Crippen LogP contribution is -2.44. The molecule has 0 aromatic carbocycles. The van der Waals surface area contributed by atoms with Crippen molar-refractivity contribution in [1.82, 2.24) is 10.3 Å². The lowest BCUT2D eigenvalue weighted by atomic mass is 9.99. The summed E-state index contributed by atoms with van der Waals surface area (Å²) in [5.74, 6) is 0.0939. The molecule has 0 saturated carbocycles. The first-order chi connectivity index (χ1) is 8.60. The van der Waals surface area contributed by atoms with E-state index < -0.39 is 6.04 Å². The second-order valence-corrected chi connectivity index (χ2v) is 4.59. The zero-order chi connectivity index (χ0) is 13.5. The molecule has 0 aliphatic carbocycles. The fraction of sp³-hybridized carbons (Fsp3) is 0.571. The van der Waals surface area contributed by atoms with Crippen LogP contribution in [0.2, 0.25) is 0 Å². The highest BCUT2D eigenvalue weighted by atomic mass is 16.2. The summed E-state index contributed by atoms with van der Waals surface area (Å²) in [5.41, 5.74) is 7.96. The van der Waals surface area contributed by atoms with E-state index in [4.69, 9.17) is 5.73 Å². The van der Waals surface area contributed by atoms with E-state index in [-0.39, 0.29) is 11.8 Å². The number of carbonyl (C=O) groups is 1. The molecule has 0 fully saturated rings. The fourth-order valence-corrected chi connectivity index (χ4v) is 1.75. The molecule has 3 N–H and O–H groups in total. The topological polar surface area (TPSA) is 68.0 Å². The van der Waals surface area contributed by atoms with Crippen molar-refractivity contribution < 1.29 is 4.79 Å². The average molecular weight is 249 g/mol. The zero-order valence-electron chi connectivity index (χ0n) is 11.4. The molecule has 0 radical (unpaired) electrons. The maximum absolute atomic E-state index is 11.9. The molecular weight excluding hydrogens is 226 g/mol. The van der Waals surface area contributed by atoms with E-state index >= 15 is 0 Å². The third kappa shape index (κ3) is 3.81. The van der Waals surface area contributed by atoms with Gasteiger partial charge in [0.25, 0.3) is 0 Å². The number of nitrogens with one attached hydrogen (secondary N) is 1. The van der Waals surface area contributed by atoms with E-state index in [2.05, 4.69) is 17.2 Å². The highest BCUT2D eigenvalue weighted by Gasteiger charge is 2.19. The molecule has 1 rings (SSSR count). The largest absolute Gasteiger partial charge is 0.349 e. The third-order valence-electron chi connectivity index (χ3n) is 3.36. The van der Waals surface area contributed by atoms with Crippen molar-refractivity contribution in [2.24, 2.45) is 11.7 Å². The number of nitrogens with zero attached hydrogens (tertiary/aromatic N) is 1. The van der Waals surface area contributed by atoms with Gasteiger partial charge in [-0.1, -0.05) is 33.3 Å². The van der Waals surface area contributed by atoms with E-state index in [1.54, 1.807) is 6.20 Å². The number of hydrogen-bond donors (Lipinski definition) is 2. The fourth-order valence-electron chi connectivity index (χ4n) is 1.75. The van der Waals surface area contributed by atoms with E-state index in [0.29, 0.717) is 6.54 Å². The predicted molar refractivity (Wildman–Crippen MR) is 72.9 cm³/mol. The van der Waals surface area contributed by atoms with Gasteiger partial charge in [-0.25, -0.2) is 0 Å².